The molecule has 0 bridgehead atoms. The predicted molar refractivity (Wildman–Crippen MR) is 112 cm³/mol. The molecule has 1 aliphatic carbocycles. The van der Waals surface area contributed by atoms with Crippen molar-refractivity contribution in [1.29, 1.82) is 0 Å². The smallest absolute Gasteiger partial charge is 0.290 e. The topological polar surface area (TPSA) is 130 Å². The third kappa shape index (κ3) is 8.79. The number of nitrogens with zero attached hydrogens (tertiary/aromatic N) is 2. The number of rotatable bonds is 8. The Labute approximate surface area is 177 Å². The Morgan fingerprint density at radius 1 is 1.13 bits per heavy atom. The lowest BCUT2D eigenvalue weighted by Crippen LogP contribution is -2.40. The molecule has 0 spiro atoms. The van der Waals surface area contributed by atoms with Gasteiger partial charge >= 0.3 is 0 Å². The number of aliphatic hydroxyl groups excluding tert-OH is 1. The van der Waals surface area contributed by atoms with Gasteiger partial charge in [0.15, 0.2) is 0 Å². The van der Waals surface area contributed by atoms with Crippen LogP contribution in [0, 0.1) is 5.92 Å². The first-order chi connectivity index (χ1) is 14.2. The molecule has 0 heterocycles. The van der Waals surface area contributed by atoms with Crippen LogP contribution in [0.15, 0.2) is 24.3 Å². The lowest BCUT2D eigenvalue weighted by Gasteiger charge is -2.22. The van der Waals surface area contributed by atoms with Crippen molar-refractivity contribution in [2.45, 2.75) is 37.8 Å². The van der Waals surface area contributed by atoms with Crippen LogP contribution >= 0.6 is 0 Å². The number of benzene rings is 1. The number of carbonyl (C=O) groups excluding carboxylic acids is 2. The SMILES string of the molecule is CN(C)CCN(C)C(=O)[C@H]1C[C@H](NC(=O)CCc2ccc(O)cc2)[C@@H](O)C1.O=CO. The molecule has 1 fully saturated rings. The number of carbonyl (C=O) groups is 3. The second-order valence-electron chi connectivity index (χ2n) is 7.74. The van der Waals surface area contributed by atoms with Crippen LogP contribution in [0.2, 0.25) is 0 Å². The molecule has 9 heteroatoms. The number of aryl methyl sites for hydroxylation is 1. The van der Waals surface area contributed by atoms with Gasteiger partial charge < -0.3 is 30.4 Å². The van der Waals surface area contributed by atoms with Gasteiger partial charge in [-0.1, -0.05) is 12.1 Å². The first kappa shape index (κ1) is 25.4. The van der Waals surface area contributed by atoms with Crippen molar-refractivity contribution in [3.05, 3.63) is 29.8 Å². The van der Waals surface area contributed by atoms with Crippen LogP contribution < -0.4 is 5.32 Å². The van der Waals surface area contributed by atoms with Crippen molar-refractivity contribution in [3.8, 4) is 5.75 Å². The molecule has 9 nitrogen and oxygen atoms in total. The number of aromatic hydroxyl groups is 1. The van der Waals surface area contributed by atoms with E-state index in [4.69, 9.17) is 9.90 Å². The highest BCUT2D eigenvalue weighted by Gasteiger charge is 2.38. The summed E-state index contributed by atoms with van der Waals surface area (Å²) >= 11 is 0. The van der Waals surface area contributed by atoms with E-state index in [-0.39, 0.29) is 36.0 Å². The van der Waals surface area contributed by atoms with Gasteiger partial charge in [-0.3, -0.25) is 14.4 Å². The maximum atomic E-state index is 12.5. The van der Waals surface area contributed by atoms with Gasteiger partial charge in [-0.05, 0) is 51.1 Å². The molecule has 4 N–H and O–H groups in total. The number of likely N-dealkylation sites (N-methyl/N-ethyl adjacent to an activating group) is 2. The molecule has 3 atom stereocenters. The predicted octanol–water partition coefficient (Wildman–Crippen LogP) is 0.301. The summed E-state index contributed by atoms with van der Waals surface area (Å²) in [5, 5.41) is 29.3. The van der Waals surface area contributed by atoms with E-state index >= 15 is 0 Å². The molecule has 1 aromatic carbocycles. The lowest BCUT2D eigenvalue weighted by molar-refractivity contribution is -0.134. The number of hydrogen-bond acceptors (Lipinski definition) is 6. The number of carboxylic acid groups (broad SMARTS) is 1. The van der Waals surface area contributed by atoms with Crippen molar-refractivity contribution < 1.29 is 29.7 Å². The number of phenols is 1. The maximum Gasteiger partial charge on any atom is 0.290 e. The Morgan fingerprint density at radius 2 is 1.73 bits per heavy atom. The van der Waals surface area contributed by atoms with E-state index in [9.17, 15) is 19.8 Å². The minimum Gasteiger partial charge on any atom is -0.508 e. The maximum absolute atomic E-state index is 12.5. The normalized spacial score (nSPS) is 20.2. The molecule has 0 aliphatic heterocycles. The number of phenolic OH excluding ortho intramolecular Hbond substituents is 1. The summed E-state index contributed by atoms with van der Waals surface area (Å²) in [6.07, 6.45) is 1.02. The van der Waals surface area contributed by atoms with E-state index in [1.807, 2.05) is 19.0 Å². The Bertz CT molecular complexity index is 680. The van der Waals surface area contributed by atoms with Gasteiger partial charge in [-0.25, -0.2) is 0 Å². The quantitative estimate of drug-likeness (QED) is 0.443. The first-order valence-corrected chi connectivity index (χ1v) is 9.90. The largest absolute Gasteiger partial charge is 0.508 e. The summed E-state index contributed by atoms with van der Waals surface area (Å²) in [7, 11) is 5.70. The minimum absolute atomic E-state index is 0.0248. The third-order valence-corrected chi connectivity index (χ3v) is 5.06. The van der Waals surface area contributed by atoms with Crippen LogP contribution in [0.25, 0.3) is 0 Å². The minimum atomic E-state index is -0.696. The summed E-state index contributed by atoms with van der Waals surface area (Å²) in [5.74, 6) is -0.170. The molecule has 1 aliphatic rings. The molecule has 2 rings (SSSR count). The van der Waals surface area contributed by atoms with E-state index in [1.165, 1.54) is 0 Å². The van der Waals surface area contributed by atoms with Crippen molar-refractivity contribution in [2.24, 2.45) is 5.92 Å². The molecule has 0 saturated heterocycles. The Kier molecular flexibility index (Phi) is 10.8. The van der Waals surface area contributed by atoms with Crippen LogP contribution in [0.5, 0.6) is 5.75 Å². The second kappa shape index (κ2) is 12.8. The number of hydrogen-bond donors (Lipinski definition) is 4. The molecule has 168 valence electrons. The van der Waals surface area contributed by atoms with Crippen LogP contribution in [-0.2, 0) is 20.8 Å². The summed E-state index contributed by atoms with van der Waals surface area (Å²) in [4.78, 5) is 36.8. The zero-order chi connectivity index (χ0) is 22.7. The zero-order valence-corrected chi connectivity index (χ0v) is 17.8. The highest BCUT2D eigenvalue weighted by atomic mass is 16.3. The van der Waals surface area contributed by atoms with Crippen LogP contribution in [-0.4, -0.2) is 89.8 Å². The Morgan fingerprint density at radius 3 is 2.30 bits per heavy atom. The summed E-state index contributed by atoms with van der Waals surface area (Å²) in [5.41, 5.74) is 0.963. The fourth-order valence-electron chi connectivity index (χ4n) is 3.34. The van der Waals surface area contributed by atoms with E-state index < -0.39 is 6.10 Å². The van der Waals surface area contributed by atoms with Gasteiger partial charge in [0.1, 0.15) is 5.75 Å². The van der Waals surface area contributed by atoms with Crippen molar-refractivity contribution in [3.63, 3.8) is 0 Å². The van der Waals surface area contributed by atoms with Crippen LogP contribution in [0.1, 0.15) is 24.8 Å². The molecular weight excluding hydrogens is 390 g/mol. The number of nitrogens with one attached hydrogen (secondary N) is 1. The summed E-state index contributed by atoms with van der Waals surface area (Å²) in [6.45, 7) is 1.18. The fourth-order valence-corrected chi connectivity index (χ4v) is 3.34. The fraction of sp³-hybridized carbons (Fsp3) is 0.571. The average Bonchev–Trinajstić information content (AvgIpc) is 3.06. The Balaban J connectivity index is 0.00000141. The second-order valence-corrected chi connectivity index (χ2v) is 7.74. The summed E-state index contributed by atoms with van der Waals surface area (Å²) < 4.78 is 0. The molecule has 0 aromatic heterocycles. The highest BCUT2D eigenvalue weighted by Crippen LogP contribution is 2.28. The van der Waals surface area contributed by atoms with Crippen LogP contribution in [0.4, 0.5) is 0 Å². The average molecular weight is 424 g/mol. The van der Waals surface area contributed by atoms with Crippen molar-refractivity contribution in [2.75, 3.05) is 34.2 Å². The van der Waals surface area contributed by atoms with E-state index in [1.54, 1.807) is 36.2 Å². The van der Waals surface area contributed by atoms with E-state index in [0.29, 0.717) is 32.2 Å². The standard InChI is InChI=1S/C20H31N3O4.CH2O2/c1-22(2)10-11-23(3)20(27)15-12-17(18(25)13-15)21-19(26)9-6-14-4-7-16(24)8-5-14;2-1-3/h4-5,7-8,15,17-18,24-25H,6,9-13H2,1-3H3,(H,21,26);1H,(H,2,3)/t15-,17-,18-;/m0./s1. The van der Waals surface area contributed by atoms with Crippen molar-refractivity contribution >= 4 is 18.3 Å². The summed E-state index contributed by atoms with van der Waals surface area (Å²) in [6, 6.07) is 6.37. The van der Waals surface area contributed by atoms with Gasteiger partial charge in [-0.15, -0.1) is 0 Å². The van der Waals surface area contributed by atoms with Gasteiger partial charge in [0.05, 0.1) is 12.1 Å². The third-order valence-electron chi connectivity index (χ3n) is 5.06. The number of aliphatic hydroxyl groups is 1. The van der Waals surface area contributed by atoms with E-state index in [0.717, 1.165) is 12.1 Å². The first-order valence-electron chi connectivity index (χ1n) is 9.90. The molecule has 1 saturated carbocycles. The zero-order valence-electron chi connectivity index (χ0n) is 17.8. The van der Waals surface area contributed by atoms with Gasteiger partial charge in [-0.2, -0.15) is 0 Å². The highest BCUT2D eigenvalue weighted by molar-refractivity contribution is 5.80. The van der Waals surface area contributed by atoms with Gasteiger partial charge in [0, 0.05) is 32.5 Å². The van der Waals surface area contributed by atoms with Crippen LogP contribution in [0.3, 0.4) is 0 Å². The van der Waals surface area contributed by atoms with Gasteiger partial charge in [0.2, 0.25) is 11.8 Å². The molecular formula is C21H33N3O6. The molecule has 30 heavy (non-hydrogen) atoms. The number of amides is 2. The Hall–Kier alpha value is -2.65. The molecule has 0 unspecified atom stereocenters. The lowest BCUT2D eigenvalue weighted by atomic mass is 10.1. The monoisotopic (exact) mass is 423 g/mol. The molecule has 2 amide bonds. The van der Waals surface area contributed by atoms with E-state index in [2.05, 4.69) is 5.32 Å². The molecule has 0 radical (unpaired) electrons. The van der Waals surface area contributed by atoms with Gasteiger partial charge in [0.25, 0.3) is 6.47 Å². The van der Waals surface area contributed by atoms with Crippen molar-refractivity contribution in [1.82, 2.24) is 15.1 Å². The molecule has 1 aromatic rings.